The Kier molecular flexibility index (Phi) is 10.5. The minimum atomic E-state index is -4.42. The molecule has 25 heavy (non-hydrogen) atoms. The van der Waals surface area contributed by atoms with Crippen LogP contribution in [0.2, 0.25) is 0 Å². The zero-order valence-electron chi connectivity index (χ0n) is 14.9. The Morgan fingerprint density at radius 1 is 0.920 bits per heavy atom. The molecule has 0 fully saturated rings. The Bertz CT molecular complexity index is 742. The van der Waals surface area contributed by atoms with Crippen molar-refractivity contribution >= 4 is 10.1 Å². The van der Waals surface area contributed by atoms with Crippen molar-refractivity contribution in [1.82, 2.24) is 0 Å². The summed E-state index contributed by atoms with van der Waals surface area (Å²) in [5.74, 6) is 1.21. The van der Waals surface area contributed by atoms with Gasteiger partial charge in [-0.15, -0.1) is 0 Å². The van der Waals surface area contributed by atoms with Crippen LogP contribution in [-0.2, 0) is 16.5 Å². The second-order valence-corrected chi connectivity index (χ2v) is 7.22. The van der Waals surface area contributed by atoms with Crippen LogP contribution in [0.4, 0.5) is 0 Å². The van der Waals surface area contributed by atoms with Crippen LogP contribution in [0.5, 0.6) is 11.5 Å². The van der Waals surface area contributed by atoms with Crippen LogP contribution >= 0.6 is 0 Å². The molecule has 0 aliphatic heterocycles. The number of hydrogen-bond donors (Lipinski definition) is 0. The van der Waals surface area contributed by atoms with Gasteiger partial charge in [0, 0.05) is 0 Å². The molecule has 0 radical (unpaired) electrons. The van der Waals surface area contributed by atoms with Gasteiger partial charge in [0.1, 0.15) is 21.6 Å². The Morgan fingerprint density at radius 3 is 2.24 bits per heavy atom. The molecule has 0 saturated carbocycles. The van der Waals surface area contributed by atoms with Crippen molar-refractivity contribution in [2.45, 2.75) is 50.3 Å². The minimum absolute atomic E-state index is 0. The van der Waals surface area contributed by atoms with Crippen molar-refractivity contribution in [2.75, 3.05) is 0 Å². The smallest absolute Gasteiger partial charge is 0.744 e. The summed E-state index contributed by atoms with van der Waals surface area (Å²) < 4.78 is 38.5. The average molecular weight is 387 g/mol. The van der Waals surface area contributed by atoms with E-state index in [1.165, 1.54) is 61.9 Å². The van der Waals surface area contributed by atoms with Crippen molar-refractivity contribution in [3.05, 3.63) is 54.1 Å². The Balaban J connectivity index is 0.00000312. The minimum Gasteiger partial charge on any atom is -0.744 e. The summed E-state index contributed by atoms with van der Waals surface area (Å²) in [6.45, 7) is 2.21. The second kappa shape index (κ2) is 11.5. The summed E-state index contributed by atoms with van der Waals surface area (Å²) in [6.07, 6.45) is 7.24. The Morgan fingerprint density at radius 2 is 1.60 bits per heavy atom. The van der Waals surface area contributed by atoms with E-state index in [1.54, 1.807) is 0 Å². The molecular weight excluding hydrogens is 363 g/mol. The Hall–Kier alpha value is -0.214. The summed E-state index contributed by atoms with van der Waals surface area (Å²) in [4.78, 5) is -0.254. The zero-order valence-corrected chi connectivity index (χ0v) is 18.8. The van der Waals surface area contributed by atoms with E-state index in [1.807, 2.05) is 18.2 Å². The maximum atomic E-state index is 10.9. The van der Waals surface area contributed by atoms with Gasteiger partial charge < -0.3 is 9.29 Å². The topological polar surface area (TPSA) is 66.4 Å². The predicted octanol–water partition coefficient (Wildman–Crippen LogP) is 1.90. The van der Waals surface area contributed by atoms with Crippen LogP contribution in [-0.4, -0.2) is 13.0 Å². The normalized spacial score (nSPS) is 11.0. The van der Waals surface area contributed by atoms with Crippen LogP contribution in [0.3, 0.4) is 0 Å². The number of benzene rings is 2. The number of aryl methyl sites for hydroxylation is 1. The van der Waals surface area contributed by atoms with Crippen molar-refractivity contribution in [3.8, 4) is 11.5 Å². The first-order chi connectivity index (χ1) is 11.5. The molecule has 2 rings (SSSR count). The average Bonchev–Trinajstić information content (AvgIpc) is 2.55. The second-order valence-electron chi connectivity index (χ2n) is 5.84. The summed E-state index contributed by atoms with van der Waals surface area (Å²) >= 11 is 0. The van der Waals surface area contributed by atoms with Crippen molar-refractivity contribution in [3.63, 3.8) is 0 Å². The van der Waals surface area contributed by atoms with Gasteiger partial charge in [0.25, 0.3) is 0 Å². The van der Waals surface area contributed by atoms with Crippen molar-refractivity contribution in [2.24, 2.45) is 0 Å². The monoisotopic (exact) mass is 386 g/mol. The van der Waals surface area contributed by atoms with Gasteiger partial charge in [-0.05, 0) is 54.8 Å². The molecule has 0 aliphatic rings. The fraction of sp³-hybridized carbons (Fsp3) is 0.368. The maximum absolute atomic E-state index is 10.9. The van der Waals surface area contributed by atoms with Gasteiger partial charge in [-0.25, -0.2) is 8.42 Å². The van der Waals surface area contributed by atoms with Gasteiger partial charge in [-0.1, -0.05) is 44.7 Å². The first-order valence-corrected chi connectivity index (χ1v) is 9.72. The van der Waals surface area contributed by atoms with Gasteiger partial charge in [-0.2, -0.15) is 0 Å². The summed E-state index contributed by atoms with van der Waals surface area (Å²) in [6, 6.07) is 13.4. The fourth-order valence-corrected chi connectivity index (χ4v) is 2.98. The molecule has 2 aromatic carbocycles. The molecular formula is C19H23KO4S. The van der Waals surface area contributed by atoms with E-state index in [-0.39, 0.29) is 56.3 Å². The van der Waals surface area contributed by atoms with Gasteiger partial charge >= 0.3 is 51.4 Å². The van der Waals surface area contributed by atoms with Crippen molar-refractivity contribution in [1.29, 1.82) is 0 Å². The van der Waals surface area contributed by atoms with Crippen LogP contribution in [0.25, 0.3) is 0 Å². The molecule has 0 unspecified atom stereocenters. The molecule has 6 heteroatoms. The number of unbranched alkanes of at least 4 members (excludes halogenated alkanes) is 4. The maximum Gasteiger partial charge on any atom is 1.00 e. The molecule has 2 aromatic rings. The molecule has 4 nitrogen and oxygen atoms in total. The number of rotatable bonds is 9. The molecule has 0 bridgehead atoms. The number of hydrogen-bond acceptors (Lipinski definition) is 4. The summed E-state index contributed by atoms with van der Waals surface area (Å²) in [5.41, 5.74) is 1.22. The van der Waals surface area contributed by atoms with Gasteiger partial charge in [0.2, 0.25) is 0 Å². The molecule has 0 N–H and O–H groups in total. The zero-order chi connectivity index (χ0) is 17.4. The van der Waals surface area contributed by atoms with Gasteiger partial charge in [0.15, 0.2) is 0 Å². The third-order valence-electron chi connectivity index (χ3n) is 3.82. The first kappa shape index (κ1) is 22.8. The third-order valence-corrected chi connectivity index (χ3v) is 4.67. The Labute approximate surface area is 193 Å². The van der Waals surface area contributed by atoms with Crippen LogP contribution in [0.15, 0.2) is 53.4 Å². The van der Waals surface area contributed by atoms with E-state index < -0.39 is 10.1 Å². The van der Waals surface area contributed by atoms with Crippen molar-refractivity contribution < 1.29 is 69.1 Å². The van der Waals surface area contributed by atoms with Crippen LogP contribution < -0.4 is 56.1 Å². The SMILES string of the molecule is CCCCCCCc1cccc(Oc2ccc(S(=O)(=O)[O-])cc2)c1.[K+]. The predicted molar refractivity (Wildman–Crippen MR) is 93.4 cm³/mol. The molecule has 0 atom stereocenters. The summed E-state index contributed by atoms with van der Waals surface area (Å²) in [5, 5.41) is 0. The first-order valence-electron chi connectivity index (χ1n) is 8.32. The molecule has 0 spiro atoms. The van der Waals surface area contributed by atoms with E-state index in [0.29, 0.717) is 11.5 Å². The van der Waals surface area contributed by atoms with Crippen LogP contribution in [0.1, 0.15) is 44.6 Å². The number of ether oxygens (including phenoxy) is 1. The van der Waals surface area contributed by atoms with Gasteiger partial charge in [0.05, 0.1) is 4.90 Å². The molecule has 0 aromatic heterocycles. The quantitative estimate of drug-likeness (QED) is 0.375. The molecule has 0 heterocycles. The molecule has 0 aliphatic carbocycles. The van der Waals surface area contributed by atoms with E-state index in [2.05, 4.69) is 13.0 Å². The molecule has 0 amide bonds. The van der Waals surface area contributed by atoms with E-state index >= 15 is 0 Å². The van der Waals surface area contributed by atoms with E-state index in [9.17, 15) is 13.0 Å². The molecule has 0 saturated heterocycles. The van der Waals surface area contributed by atoms with Crippen LogP contribution in [0, 0.1) is 0 Å². The van der Waals surface area contributed by atoms with E-state index in [4.69, 9.17) is 4.74 Å². The van der Waals surface area contributed by atoms with E-state index in [0.717, 1.165) is 6.42 Å². The van der Waals surface area contributed by atoms with Gasteiger partial charge in [-0.3, -0.25) is 0 Å². The third kappa shape index (κ3) is 8.34. The molecule has 130 valence electrons. The summed E-state index contributed by atoms with van der Waals surface area (Å²) in [7, 11) is -4.42. The fourth-order valence-electron chi connectivity index (χ4n) is 2.51. The largest absolute Gasteiger partial charge is 1.00 e. The standard InChI is InChI=1S/C19H24O4S.K/c1-2-3-4-5-6-8-16-9-7-10-18(15-16)23-17-11-13-19(14-12-17)24(20,21)22;/h7,9-15H,2-6,8H2,1H3,(H,20,21,22);/q;+1/p-1.